The van der Waals surface area contributed by atoms with E-state index in [0.717, 1.165) is 0 Å². The van der Waals surface area contributed by atoms with Crippen LogP contribution in [0.5, 0.6) is 0 Å². The molecule has 0 bridgehead atoms. The molecule has 0 saturated heterocycles. The van der Waals surface area contributed by atoms with Crippen molar-refractivity contribution in [1.82, 2.24) is 0 Å². The van der Waals surface area contributed by atoms with Crippen LogP contribution in [0, 0.1) is 0 Å². The summed E-state index contributed by atoms with van der Waals surface area (Å²) in [5.74, 6) is 0. The van der Waals surface area contributed by atoms with Crippen molar-refractivity contribution in [3.8, 4) is 33.4 Å². The Kier molecular flexibility index (Phi) is 4.93. The van der Waals surface area contributed by atoms with Crippen molar-refractivity contribution in [1.29, 1.82) is 0 Å². The second-order valence-corrected chi connectivity index (χ2v) is 13.1. The number of fused-ring (bicyclic) bond motifs is 10. The summed E-state index contributed by atoms with van der Waals surface area (Å²) >= 11 is 1.90. The molecule has 198 valence electrons. The van der Waals surface area contributed by atoms with Crippen molar-refractivity contribution in [2.75, 3.05) is 0 Å². The maximum absolute atomic E-state index is 2.49. The molecule has 8 aromatic rings. The van der Waals surface area contributed by atoms with Crippen LogP contribution in [0.2, 0.25) is 0 Å². The highest BCUT2D eigenvalue weighted by Gasteiger charge is 2.38. The molecular weight excluding hydrogens is 525 g/mol. The average molecular weight is 553 g/mol. The second kappa shape index (κ2) is 8.64. The summed E-state index contributed by atoms with van der Waals surface area (Å²) in [5.41, 5.74) is 10.7. The van der Waals surface area contributed by atoms with Crippen LogP contribution < -0.4 is 0 Å². The minimum Gasteiger partial charge on any atom is -0.135 e. The van der Waals surface area contributed by atoms with Gasteiger partial charge in [-0.2, -0.15) is 0 Å². The molecule has 0 saturated carbocycles. The summed E-state index contributed by atoms with van der Waals surface area (Å²) in [6.45, 7) is 4.78. The van der Waals surface area contributed by atoms with E-state index in [9.17, 15) is 0 Å². The van der Waals surface area contributed by atoms with Gasteiger partial charge in [0, 0.05) is 25.6 Å². The zero-order valence-corrected chi connectivity index (χ0v) is 24.4. The quantitative estimate of drug-likeness (QED) is 0.200. The minimum absolute atomic E-state index is 0.0895. The van der Waals surface area contributed by atoms with Crippen LogP contribution in [-0.2, 0) is 5.41 Å². The lowest BCUT2D eigenvalue weighted by Crippen LogP contribution is -2.15. The number of benzene rings is 7. The number of hydrogen-bond acceptors (Lipinski definition) is 1. The van der Waals surface area contributed by atoms with E-state index in [1.54, 1.807) is 0 Å². The van der Waals surface area contributed by atoms with Gasteiger partial charge in [0.05, 0.1) is 0 Å². The third-order valence-corrected chi connectivity index (χ3v) is 10.7. The van der Waals surface area contributed by atoms with E-state index in [1.807, 2.05) is 11.3 Å². The highest BCUT2D eigenvalue weighted by Crippen LogP contribution is 2.55. The van der Waals surface area contributed by atoms with Gasteiger partial charge in [0.2, 0.25) is 0 Å². The molecular formula is C41H28S. The van der Waals surface area contributed by atoms with Gasteiger partial charge in [0.15, 0.2) is 0 Å². The Morgan fingerprint density at radius 1 is 0.452 bits per heavy atom. The van der Waals surface area contributed by atoms with Gasteiger partial charge >= 0.3 is 0 Å². The minimum atomic E-state index is -0.0895. The zero-order chi connectivity index (χ0) is 28.0. The molecule has 0 N–H and O–H groups in total. The lowest BCUT2D eigenvalue weighted by Gasteiger charge is -2.23. The highest BCUT2D eigenvalue weighted by molar-refractivity contribution is 7.26. The van der Waals surface area contributed by atoms with Gasteiger partial charge in [-0.3, -0.25) is 0 Å². The molecule has 1 heterocycles. The van der Waals surface area contributed by atoms with Gasteiger partial charge in [-0.05, 0) is 84.3 Å². The van der Waals surface area contributed by atoms with Gasteiger partial charge in [-0.25, -0.2) is 0 Å². The molecule has 1 aromatic heterocycles. The van der Waals surface area contributed by atoms with Crippen molar-refractivity contribution in [3.63, 3.8) is 0 Å². The Labute approximate surface area is 249 Å². The van der Waals surface area contributed by atoms with Crippen LogP contribution >= 0.6 is 11.3 Å². The van der Waals surface area contributed by atoms with Crippen LogP contribution in [0.1, 0.15) is 25.0 Å². The molecule has 1 heteroatoms. The summed E-state index contributed by atoms with van der Waals surface area (Å²) in [6, 6.07) is 49.7. The highest BCUT2D eigenvalue weighted by atomic mass is 32.1. The lowest BCUT2D eigenvalue weighted by molar-refractivity contribution is 0.661. The first-order valence-electron chi connectivity index (χ1n) is 14.7. The van der Waals surface area contributed by atoms with Crippen LogP contribution in [0.3, 0.4) is 0 Å². The van der Waals surface area contributed by atoms with Crippen molar-refractivity contribution in [2.24, 2.45) is 0 Å². The third kappa shape index (κ3) is 3.23. The normalized spacial score (nSPS) is 13.7. The van der Waals surface area contributed by atoms with Crippen LogP contribution in [0.4, 0.5) is 0 Å². The zero-order valence-electron chi connectivity index (χ0n) is 23.6. The Morgan fingerprint density at radius 3 is 1.95 bits per heavy atom. The Balaban J connectivity index is 1.30. The largest absolute Gasteiger partial charge is 0.135 e. The van der Waals surface area contributed by atoms with E-state index < -0.39 is 0 Å². The average Bonchev–Trinajstić information content (AvgIpc) is 3.53. The van der Waals surface area contributed by atoms with E-state index in [4.69, 9.17) is 0 Å². The summed E-state index contributed by atoms with van der Waals surface area (Å²) in [4.78, 5) is 0. The predicted molar refractivity (Wildman–Crippen MR) is 183 cm³/mol. The molecule has 0 fully saturated rings. The summed E-state index contributed by atoms with van der Waals surface area (Å²) in [7, 11) is 0. The standard InChI is InChI=1S/C41H28S/c1-41(2)35-22-21-25-11-3-4-14-28(25)38(35)39-32-17-6-5-15-30(32)34(24-36(39)41)27-13-9-12-26(23-27)29-18-10-19-33-31-16-7-8-20-37(31)42-40(29)33/h3-24H,1-2H3. The third-order valence-electron chi connectivity index (χ3n) is 9.46. The molecule has 0 aliphatic heterocycles. The van der Waals surface area contributed by atoms with E-state index >= 15 is 0 Å². The van der Waals surface area contributed by atoms with Crippen molar-refractivity contribution < 1.29 is 0 Å². The fraction of sp³-hybridized carbons (Fsp3) is 0.0732. The Bertz CT molecular complexity index is 2380. The predicted octanol–water partition coefficient (Wildman–Crippen LogP) is 12.0. The maximum Gasteiger partial charge on any atom is 0.0433 e. The molecule has 0 amide bonds. The van der Waals surface area contributed by atoms with Crippen LogP contribution in [0.25, 0.3) is 75.1 Å². The molecule has 7 aromatic carbocycles. The number of thiophene rings is 1. The second-order valence-electron chi connectivity index (χ2n) is 12.1. The van der Waals surface area contributed by atoms with Gasteiger partial charge in [-0.1, -0.05) is 129 Å². The van der Waals surface area contributed by atoms with Crippen molar-refractivity contribution in [3.05, 3.63) is 145 Å². The summed E-state index contributed by atoms with van der Waals surface area (Å²) < 4.78 is 2.70. The van der Waals surface area contributed by atoms with Crippen LogP contribution in [0.15, 0.2) is 133 Å². The fourth-order valence-corrected chi connectivity index (χ4v) is 8.65. The van der Waals surface area contributed by atoms with Crippen LogP contribution in [-0.4, -0.2) is 0 Å². The van der Waals surface area contributed by atoms with Crippen molar-refractivity contribution >= 4 is 53.1 Å². The van der Waals surface area contributed by atoms with Gasteiger partial charge in [-0.15, -0.1) is 11.3 Å². The number of rotatable bonds is 2. The monoisotopic (exact) mass is 552 g/mol. The Hall–Kier alpha value is -4.72. The SMILES string of the molecule is CC1(C)c2ccc3ccccc3c2-c2c1cc(-c1cccc(-c3cccc4c3sc3ccccc34)c1)c1ccccc21. The first-order chi connectivity index (χ1) is 20.6. The molecule has 0 spiro atoms. The smallest absolute Gasteiger partial charge is 0.0433 e. The van der Waals surface area contributed by atoms with E-state index in [-0.39, 0.29) is 5.41 Å². The first-order valence-corrected chi connectivity index (χ1v) is 15.5. The molecule has 1 aliphatic carbocycles. The summed E-state index contributed by atoms with van der Waals surface area (Å²) in [6.07, 6.45) is 0. The molecule has 0 radical (unpaired) electrons. The summed E-state index contributed by atoms with van der Waals surface area (Å²) in [5, 5.41) is 7.98. The topological polar surface area (TPSA) is 0 Å². The van der Waals surface area contributed by atoms with Gasteiger partial charge < -0.3 is 0 Å². The fourth-order valence-electron chi connectivity index (χ4n) is 7.41. The van der Waals surface area contributed by atoms with Gasteiger partial charge in [0.1, 0.15) is 0 Å². The van der Waals surface area contributed by atoms with Gasteiger partial charge in [0.25, 0.3) is 0 Å². The van der Waals surface area contributed by atoms with Crippen molar-refractivity contribution in [2.45, 2.75) is 19.3 Å². The molecule has 0 atom stereocenters. The van der Waals surface area contributed by atoms with E-state index in [0.29, 0.717) is 0 Å². The van der Waals surface area contributed by atoms with E-state index in [2.05, 4.69) is 147 Å². The molecule has 9 rings (SSSR count). The van der Waals surface area contributed by atoms with E-state index in [1.165, 1.54) is 86.2 Å². The lowest BCUT2D eigenvalue weighted by atomic mass is 9.80. The maximum atomic E-state index is 2.49. The molecule has 0 unspecified atom stereocenters. The number of hydrogen-bond donors (Lipinski definition) is 0. The molecule has 42 heavy (non-hydrogen) atoms. The molecule has 0 nitrogen and oxygen atoms in total. The molecule has 1 aliphatic rings. The Morgan fingerprint density at radius 2 is 1.10 bits per heavy atom. The first kappa shape index (κ1) is 23.9.